The molecular formula is C23H24ClNO. The zero-order valence-electron chi connectivity index (χ0n) is 15.3. The van der Waals surface area contributed by atoms with Crippen LogP contribution in [0.25, 0.3) is 0 Å². The highest BCUT2D eigenvalue weighted by atomic mass is 35.5. The first-order chi connectivity index (χ1) is 12.6. The fourth-order valence-corrected chi connectivity index (χ4v) is 3.03. The summed E-state index contributed by atoms with van der Waals surface area (Å²) in [6.45, 7) is 6.25. The van der Waals surface area contributed by atoms with E-state index in [2.05, 4.69) is 67.7 Å². The Morgan fingerprint density at radius 1 is 0.808 bits per heavy atom. The molecule has 0 aliphatic rings. The van der Waals surface area contributed by atoms with Crippen molar-refractivity contribution in [3.05, 3.63) is 99.6 Å². The van der Waals surface area contributed by atoms with E-state index in [1.54, 1.807) is 0 Å². The molecule has 0 aliphatic heterocycles. The molecule has 0 aliphatic carbocycles. The van der Waals surface area contributed by atoms with Crippen molar-refractivity contribution in [2.75, 3.05) is 0 Å². The van der Waals surface area contributed by atoms with E-state index in [0.717, 1.165) is 22.9 Å². The summed E-state index contributed by atoms with van der Waals surface area (Å²) in [5.41, 5.74) is 6.01. The van der Waals surface area contributed by atoms with Crippen molar-refractivity contribution >= 4 is 11.6 Å². The van der Waals surface area contributed by atoms with Gasteiger partial charge in [-0.2, -0.15) is 0 Å². The summed E-state index contributed by atoms with van der Waals surface area (Å²) in [7, 11) is 0. The number of halogens is 1. The lowest BCUT2D eigenvalue weighted by Crippen LogP contribution is -2.13. The molecule has 0 aromatic heterocycles. The molecule has 3 aromatic rings. The van der Waals surface area contributed by atoms with Crippen LogP contribution in [0.3, 0.4) is 0 Å². The second kappa shape index (κ2) is 8.88. The number of aryl methyl sites for hydroxylation is 2. The minimum absolute atomic E-state index is 0.550. The molecule has 3 aromatic carbocycles. The minimum atomic E-state index is 0.550. The van der Waals surface area contributed by atoms with Gasteiger partial charge >= 0.3 is 0 Å². The highest BCUT2D eigenvalue weighted by Gasteiger charge is 2.06. The number of rotatable bonds is 7. The van der Waals surface area contributed by atoms with Crippen LogP contribution in [-0.4, -0.2) is 0 Å². The average molecular weight is 366 g/mol. The quantitative estimate of drug-likeness (QED) is 0.569. The van der Waals surface area contributed by atoms with Gasteiger partial charge in [0.15, 0.2) is 0 Å². The Morgan fingerprint density at radius 2 is 1.62 bits per heavy atom. The first-order valence-corrected chi connectivity index (χ1v) is 9.21. The van der Waals surface area contributed by atoms with Crippen LogP contribution >= 0.6 is 11.6 Å². The molecule has 0 radical (unpaired) electrons. The highest BCUT2D eigenvalue weighted by Crippen LogP contribution is 2.24. The lowest BCUT2D eigenvalue weighted by atomic mass is 10.1. The fraction of sp³-hybridized carbons (Fsp3) is 0.217. The molecule has 0 unspecified atom stereocenters. The molecule has 0 spiro atoms. The van der Waals surface area contributed by atoms with Gasteiger partial charge in [-0.1, -0.05) is 71.3 Å². The van der Waals surface area contributed by atoms with E-state index >= 15 is 0 Å². The zero-order chi connectivity index (χ0) is 18.4. The first kappa shape index (κ1) is 18.5. The Balaban J connectivity index is 1.62. The van der Waals surface area contributed by atoms with E-state index in [-0.39, 0.29) is 0 Å². The van der Waals surface area contributed by atoms with Crippen molar-refractivity contribution in [2.45, 2.75) is 33.5 Å². The van der Waals surface area contributed by atoms with Crippen molar-refractivity contribution < 1.29 is 4.74 Å². The van der Waals surface area contributed by atoms with Crippen LogP contribution in [0.15, 0.2) is 66.7 Å². The molecule has 0 bridgehead atoms. The Morgan fingerprint density at radius 3 is 2.38 bits per heavy atom. The van der Waals surface area contributed by atoms with E-state index in [4.69, 9.17) is 16.3 Å². The van der Waals surface area contributed by atoms with Gasteiger partial charge in [0.1, 0.15) is 12.4 Å². The second-order valence-corrected chi connectivity index (χ2v) is 7.06. The third-order valence-corrected chi connectivity index (χ3v) is 4.50. The van der Waals surface area contributed by atoms with Gasteiger partial charge in [-0.15, -0.1) is 0 Å². The van der Waals surface area contributed by atoms with Crippen molar-refractivity contribution in [1.29, 1.82) is 0 Å². The van der Waals surface area contributed by atoms with Gasteiger partial charge in [-0.05, 0) is 43.2 Å². The number of ether oxygens (including phenoxy) is 1. The topological polar surface area (TPSA) is 21.3 Å². The zero-order valence-corrected chi connectivity index (χ0v) is 16.0. The summed E-state index contributed by atoms with van der Waals surface area (Å²) in [5, 5.41) is 4.20. The third kappa shape index (κ3) is 5.35. The van der Waals surface area contributed by atoms with Crippen molar-refractivity contribution in [1.82, 2.24) is 5.32 Å². The van der Waals surface area contributed by atoms with E-state index in [1.165, 1.54) is 22.3 Å². The van der Waals surface area contributed by atoms with Gasteiger partial charge in [-0.3, -0.25) is 0 Å². The molecule has 0 heterocycles. The molecule has 1 N–H and O–H groups in total. The Labute approximate surface area is 160 Å². The van der Waals surface area contributed by atoms with E-state index in [0.29, 0.717) is 13.2 Å². The van der Waals surface area contributed by atoms with Gasteiger partial charge < -0.3 is 10.1 Å². The van der Waals surface area contributed by atoms with Crippen LogP contribution in [0.1, 0.15) is 27.8 Å². The van der Waals surface area contributed by atoms with Crippen LogP contribution in [-0.2, 0) is 19.7 Å². The standard InChI is InChI=1S/C23H24ClNO/c1-17-6-8-19(9-7-17)14-25-15-21-13-22(24)10-11-23(21)26-16-20-5-3-4-18(2)12-20/h3-13,25H,14-16H2,1-2H3. The number of hydrogen-bond donors (Lipinski definition) is 1. The normalized spacial score (nSPS) is 10.7. The lowest BCUT2D eigenvalue weighted by Gasteiger charge is -2.13. The third-order valence-electron chi connectivity index (χ3n) is 4.26. The van der Waals surface area contributed by atoms with Gasteiger partial charge in [0.2, 0.25) is 0 Å². The molecule has 0 fully saturated rings. The molecular weight excluding hydrogens is 342 g/mol. The van der Waals surface area contributed by atoms with Crippen LogP contribution in [0.5, 0.6) is 5.75 Å². The summed E-state index contributed by atoms with van der Waals surface area (Å²) in [5.74, 6) is 0.868. The summed E-state index contributed by atoms with van der Waals surface area (Å²) in [6, 6.07) is 22.7. The fourth-order valence-electron chi connectivity index (χ4n) is 2.84. The van der Waals surface area contributed by atoms with Crippen molar-refractivity contribution in [2.24, 2.45) is 0 Å². The molecule has 2 nitrogen and oxygen atoms in total. The maximum absolute atomic E-state index is 6.18. The van der Waals surface area contributed by atoms with Gasteiger partial charge in [0.05, 0.1) is 0 Å². The molecule has 3 heteroatoms. The van der Waals surface area contributed by atoms with E-state index in [1.807, 2.05) is 18.2 Å². The molecule has 3 rings (SSSR count). The average Bonchev–Trinajstić information content (AvgIpc) is 2.63. The molecule has 0 saturated heterocycles. The van der Waals surface area contributed by atoms with Crippen LogP contribution in [0, 0.1) is 13.8 Å². The van der Waals surface area contributed by atoms with Crippen LogP contribution < -0.4 is 10.1 Å². The van der Waals surface area contributed by atoms with Crippen LogP contribution in [0.2, 0.25) is 5.02 Å². The predicted octanol–water partition coefficient (Wildman–Crippen LogP) is 5.83. The van der Waals surface area contributed by atoms with Gasteiger partial charge in [-0.25, -0.2) is 0 Å². The number of hydrogen-bond acceptors (Lipinski definition) is 2. The maximum atomic E-state index is 6.18. The summed E-state index contributed by atoms with van der Waals surface area (Å²) >= 11 is 6.18. The Bertz CT molecular complexity index is 858. The molecule has 26 heavy (non-hydrogen) atoms. The van der Waals surface area contributed by atoms with E-state index in [9.17, 15) is 0 Å². The second-order valence-electron chi connectivity index (χ2n) is 6.62. The summed E-state index contributed by atoms with van der Waals surface area (Å²) in [6.07, 6.45) is 0. The van der Waals surface area contributed by atoms with Crippen LogP contribution in [0.4, 0.5) is 0 Å². The Hall–Kier alpha value is -2.29. The van der Waals surface area contributed by atoms with Crippen molar-refractivity contribution in [3.63, 3.8) is 0 Å². The van der Waals surface area contributed by atoms with Gasteiger partial charge in [0, 0.05) is 23.7 Å². The number of benzene rings is 3. The molecule has 134 valence electrons. The van der Waals surface area contributed by atoms with Gasteiger partial charge in [0.25, 0.3) is 0 Å². The predicted molar refractivity (Wildman–Crippen MR) is 109 cm³/mol. The molecule has 0 saturated carbocycles. The largest absolute Gasteiger partial charge is 0.489 e. The number of nitrogens with one attached hydrogen (secondary N) is 1. The maximum Gasteiger partial charge on any atom is 0.124 e. The smallest absolute Gasteiger partial charge is 0.124 e. The minimum Gasteiger partial charge on any atom is -0.489 e. The summed E-state index contributed by atoms with van der Waals surface area (Å²) in [4.78, 5) is 0. The summed E-state index contributed by atoms with van der Waals surface area (Å²) < 4.78 is 6.05. The molecule has 0 atom stereocenters. The van der Waals surface area contributed by atoms with E-state index < -0.39 is 0 Å². The molecule has 0 amide bonds. The highest BCUT2D eigenvalue weighted by molar-refractivity contribution is 6.30. The Kier molecular flexibility index (Phi) is 6.32. The first-order valence-electron chi connectivity index (χ1n) is 8.83. The lowest BCUT2D eigenvalue weighted by molar-refractivity contribution is 0.302. The monoisotopic (exact) mass is 365 g/mol. The van der Waals surface area contributed by atoms with Crippen molar-refractivity contribution in [3.8, 4) is 5.75 Å². The SMILES string of the molecule is Cc1ccc(CNCc2cc(Cl)ccc2OCc2cccc(C)c2)cc1.